The Hall–Kier alpha value is -1.21. The van der Waals surface area contributed by atoms with Gasteiger partial charge in [-0.2, -0.15) is 0 Å². The second-order valence-corrected chi connectivity index (χ2v) is 4.96. The van der Waals surface area contributed by atoms with Gasteiger partial charge in [0, 0.05) is 6.54 Å². The SMILES string of the molecule is C#CCN(CC1CC1)c1ncc(N)cc1Br. The van der Waals surface area contributed by atoms with Crippen LogP contribution in [0.2, 0.25) is 0 Å². The van der Waals surface area contributed by atoms with Crippen LogP contribution in [0.5, 0.6) is 0 Å². The van der Waals surface area contributed by atoms with Crippen LogP contribution in [0, 0.1) is 18.3 Å². The molecule has 0 bridgehead atoms. The van der Waals surface area contributed by atoms with Gasteiger partial charge in [0.25, 0.3) is 0 Å². The highest BCUT2D eigenvalue weighted by atomic mass is 79.9. The summed E-state index contributed by atoms with van der Waals surface area (Å²) in [5, 5.41) is 0. The lowest BCUT2D eigenvalue weighted by Crippen LogP contribution is -2.27. The minimum atomic E-state index is 0.589. The van der Waals surface area contributed by atoms with E-state index in [0.29, 0.717) is 12.2 Å². The maximum absolute atomic E-state index is 5.66. The van der Waals surface area contributed by atoms with Crippen molar-refractivity contribution in [2.24, 2.45) is 5.92 Å². The third-order valence-corrected chi connectivity index (χ3v) is 3.18. The van der Waals surface area contributed by atoms with Crippen molar-refractivity contribution in [2.45, 2.75) is 12.8 Å². The molecule has 1 saturated carbocycles. The van der Waals surface area contributed by atoms with Gasteiger partial charge in [-0.25, -0.2) is 4.98 Å². The van der Waals surface area contributed by atoms with Crippen molar-refractivity contribution in [1.82, 2.24) is 4.98 Å². The molecule has 0 aliphatic heterocycles. The van der Waals surface area contributed by atoms with Gasteiger partial charge >= 0.3 is 0 Å². The molecule has 0 unspecified atom stereocenters. The Labute approximate surface area is 104 Å². The summed E-state index contributed by atoms with van der Waals surface area (Å²) < 4.78 is 0.906. The monoisotopic (exact) mass is 279 g/mol. The van der Waals surface area contributed by atoms with Crippen LogP contribution >= 0.6 is 15.9 Å². The Morgan fingerprint density at radius 1 is 1.62 bits per heavy atom. The van der Waals surface area contributed by atoms with Gasteiger partial charge < -0.3 is 10.6 Å². The van der Waals surface area contributed by atoms with Crippen LogP contribution < -0.4 is 10.6 Å². The van der Waals surface area contributed by atoms with Gasteiger partial charge in [-0.15, -0.1) is 6.42 Å². The fourth-order valence-electron chi connectivity index (χ4n) is 1.63. The van der Waals surface area contributed by atoms with Crippen molar-refractivity contribution in [2.75, 3.05) is 23.7 Å². The number of hydrogen-bond donors (Lipinski definition) is 1. The predicted molar refractivity (Wildman–Crippen MR) is 70.1 cm³/mol. The van der Waals surface area contributed by atoms with E-state index in [1.165, 1.54) is 12.8 Å². The molecule has 1 aromatic heterocycles. The van der Waals surface area contributed by atoms with Gasteiger partial charge in [0.1, 0.15) is 5.82 Å². The van der Waals surface area contributed by atoms with Gasteiger partial charge in [0.15, 0.2) is 0 Å². The highest BCUT2D eigenvalue weighted by Gasteiger charge is 2.25. The Kier molecular flexibility index (Phi) is 3.35. The second-order valence-electron chi connectivity index (χ2n) is 4.10. The van der Waals surface area contributed by atoms with E-state index in [1.807, 2.05) is 6.07 Å². The number of terminal acetylenes is 1. The maximum atomic E-state index is 5.66. The molecular weight excluding hydrogens is 266 g/mol. The van der Waals surface area contributed by atoms with Gasteiger partial charge in [-0.3, -0.25) is 0 Å². The first-order chi connectivity index (χ1) is 7.70. The first-order valence-electron chi connectivity index (χ1n) is 5.30. The minimum absolute atomic E-state index is 0.589. The van der Waals surface area contributed by atoms with Gasteiger partial charge in [0.05, 0.1) is 22.9 Å². The van der Waals surface area contributed by atoms with E-state index in [0.717, 1.165) is 22.8 Å². The average molecular weight is 280 g/mol. The van der Waals surface area contributed by atoms with Gasteiger partial charge in [-0.1, -0.05) is 5.92 Å². The van der Waals surface area contributed by atoms with E-state index >= 15 is 0 Å². The summed E-state index contributed by atoms with van der Waals surface area (Å²) in [6.45, 7) is 1.58. The van der Waals surface area contributed by atoms with Crippen LogP contribution in [0.15, 0.2) is 16.7 Å². The van der Waals surface area contributed by atoms with Crippen molar-refractivity contribution >= 4 is 27.4 Å². The first kappa shape index (κ1) is 11.3. The average Bonchev–Trinajstić information content (AvgIpc) is 3.01. The number of rotatable bonds is 4. The lowest BCUT2D eigenvalue weighted by molar-refractivity contribution is 0.753. The van der Waals surface area contributed by atoms with Gasteiger partial charge in [-0.05, 0) is 40.8 Å². The molecule has 4 heteroatoms. The molecule has 1 aliphatic rings. The molecule has 16 heavy (non-hydrogen) atoms. The van der Waals surface area contributed by atoms with Crippen LogP contribution in [0.25, 0.3) is 0 Å². The van der Waals surface area contributed by atoms with E-state index in [4.69, 9.17) is 12.2 Å². The molecule has 2 rings (SSSR count). The lowest BCUT2D eigenvalue weighted by atomic mass is 10.3. The molecule has 0 atom stereocenters. The summed E-state index contributed by atoms with van der Waals surface area (Å²) in [6.07, 6.45) is 9.65. The quantitative estimate of drug-likeness (QED) is 0.860. The van der Waals surface area contributed by atoms with E-state index < -0.39 is 0 Å². The van der Waals surface area contributed by atoms with Crippen molar-refractivity contribution in [3.63, 3.8) is 0 Å². The van der Waals surface area contributed by atoms with Gasteiger partial charge in [0.2, 0.25) is 0 Å². The minimum Gasteiger partial charge on any atom is -0.397 e. The van der Waals surface area contributed by atoms with Crippen molar-refractivity contribution in [3.05, 3.63) is 16.7 Å². The molecular formula is C12H14BrN3. The topological polar surface area (TPSA) is 42.2 Å². The van der Waals surface area contributed by atoms with Crippen molar-refractivity contribution in [1.29, 1.82) is 0 Å². The highest BCUT2D eigenvalue weighted by molar-refractivity contribution is 9.10. The highest BCUT2D eigenvalue weighted by Crippen LogP contribution is 2.33. The summed E-state index contributed by atoms with van der Waals surface area (Å²) in [5.74, 6) is 4.34. The molecule has 2 N–H and O–H groups in total. The van der Waals surface area contributed by atoms with Crippen LogP contribution in [0.3, 0.4) is 0 Å². The summed E-state index contributed by atoms with van der Waals surface area (Å²) in [5.41, 5.74) is 6.32. The Balaban J connectivity index is 2.19. The Morgan fingerprint density at radius 2 is 2.38 bits per heavy atom. The molecule has 0 radical (unpaired) electrons. The predicted octanol–water partition coefficient (Wildman–Crippen LogP) is 2.28. The Morgan fingerprint density at radius 3 is 2.94 bits per heavy atom. The van der Waals surface area contributed by atoms with Crippen molar-refractivity contribution in [3.8, 4) is 12.3 Å². The fraction of sp³-hybridized carbons (Fsp3) is 0.417. The molecule has 1 fully saturated rings. The largest absolute Gasteiger partial charge is 0.397 e. The summed E-state index contributed by atoms with van der Waals surface area (Å²) in [6, 6.07) is 1.86. The molecule has 1 heterocycles. The number of nitrogens with zero attached hydrogens (tertiary/aromatic N) is 2. The van der Waals surface area contributed by atoms with E-state index in [9.17, 15) is 0 Å². The first-order valence-corrected chi connectivity index (χ1v) is 6.09. The third-order valence-electron chi connectivity index (χ3n) is 2.60. The summed E-state index contributed by atoms with van der Waals surface area (Å²) in [7, 11) is 0. The van der Waals surface area contributed by atoms with Crippen LogP contribution in [-0.4, -0.2) is 18.1 Å². The number of hydrogen-bond acceptors (Lipinski definition) is 3. The smallest absolute Gasteiger partial charge is 0.143 e. The summed E-state index contributed by atoms with van der Waals surface area (Å²) >= 11 is 3.48. The van der Waals surface area contributed by atoms with Crippen LogP contribution in [0.1, 0.15) is 12.8 Å². The molecule has 0 spiro atoms. The van der Waals surface area contributed by atoms with E-state index in [2.05, 4.69) is 31.7 Å². The number of aromatic nitrogens is 1. The molecule has 0 amide bonds. The number of anilines is 2. The van der Waals surface area contributed by atoms with E-state index in [-0.39, 0.29) is 0 Å². The number of pyridine rings is 1. The molecule has 3 nitrogen and oxygen atoms in total. The second kappa shape index (κ2) is 4.75. The number of halogens is 1. The fourth-order valence-corrected chi connectivity index (χ4v) is 2.24. The zero-order chi connectivity index (χ0) is 11.5. The summed E-state index contributed by atoms with van der Waals surface area (Å²) in [4.78, 5) is 6.46. The molecule has 0 saturated heterocycles. The molecule has 84 valence electrons. The van der Waals surface area contributed by atoms with Crippen LogP contribution in [-0.2, 0) is 0 Å². The lowest BCUT2D eigenvalue weighted by Gasteiger charge is -2.22. The molecule has 1 aromatic rings. The molecule has 0 aromatic carbocycles. The zero-order valence-corrected chi connectivity index (χ0v) is 10.6. The normalized spacial score (nSPS) is 14.5. The van der Waals surface area contributed by atoms with E-state index in [1.54, 1.807) is 6.20 Å². The molecule has 1 aliphatic carbocycles. The zero-order valence-electron chi connectivity index (χ0n) is 8.99. The maximum Gasteiger partial charge on any atom is 0.143 e. The number of nitrogen functional groups attached to an aromatic ring is 1. The number of nitrogens with two attached hydrogens (primary N) is 1. The Bertz CT molecular complexity index is 421. The van der Waals surface area contributed by atoms with Crippen molar-refractivity contribution < 1.29 is 0 Å². The van der Waals surface area contributed by atoms with Crippen LogP contribution in [0.4, 0.5) is 11.5 Å². The standard InChI is InChI=1S/C12H14BrN3/c1-2-5-16(8-9-3-4-9)12-11(13)6-10(14)7-15-12/h1,6-7,9H,3-5,8,14H2. The third kappa shape index (κ3) is 2.67.